The molecule has 1 amide bonds. The van der Waals surface area contributed by atoms with Gasteiger partial charge in [0.15, 0.2) is 11.5 Å². The molecule has 0 saturated carbocycles. The molecule has 0 aliphatic carbocycles. The van der Waals surface area contributed by atoms with Crippen LogP contribution in [0.1, 0.15) is 23.6 Å². The largest absolute Gasteiger partial charge is 0.490 e. The van der Waals surface area contributed by atoms with Gasteiger partial charge in [-0.1, -0.05) is 41.4 Å². The second-order valence-corrected chi connectivity index (χ2v) is 9.89. The molecular weight excluding hydrogens is 619 g/mol. The third-order valence-corrected chi connectivity index (χ3v) is 6.66. The van der Waals surface area contributed by atoms with Crippen molar-refractivity contribution in [1.29, 1.82) is 5.26 Å². The summed E-state index contributed by atoms with van der Waals surface area (Å²) >= 11 is 19.6. The number of nitrogens with one attached hydrogen (secondary N) is 1. The van der Waals surface area contributed by atoms with Crippen LogP contribution >= 0.6 is 55.1 Å². The van der Waals surface area contributed by atoms with Crippen LogP contribution < -0.4 is 14.8 Å². The standard InChI is InChI=1S/C26H20Br2Cl2N2O3/c1-3-34-23-12-16(11-22(30)25(23)35-14-17-6-4-5-7-21(17)29)10-18(13-31)26(33)32-24-19(27)8-15(2)9-20(24)28/h4-12H,3,14H2,1-2H3,(H,32,33)/b18-10+. The Morgan fingerprint density at radius 2 is 1.77 bits per heavy atom. The number of carbonyl (C=O) groups excluding carboxylic acids is 1. The average molecular weight is 639 g/mol. The SMILES string of the molecule is CCOc1cc(/C=C(\C#N)C(=O)Nc2c(Br)cc(C)cc2Br)cc(Cl)c1OCc1ccccc1Cl. The maximum Gasteiger partial charge on any atom is 0.266 e. The van der Waals surface area contributed by atoms with Crippen molar-refractivity contribution in [2.75, 3.05) is 11.9 Å². The molecule has 3 aromatic rings. The number of benzene rings is 3. The van der Waals surface area contributed by atoms with Crippen molar-refractivity contribution in [3.63, 3.8) is 0 Å². The lowest BCUT2D eigenvalue weighted by atomic mass is 10.1. The van der Waals surface area contributed by atoms with E-state index in [1.807, 2.05) is 50.2 Å². The molecule has 0 heterocycles. The molecule has 0 aliphatic heterocycles. The van der Waals surface area contributed by atoms with E-state index in [1.54, 1.807) is 18.2 Å². The summed E-state index contributed by atoms with van der Waals surface area (Å²) in [5.41, 5.74) is 2.74. The quantitative estimate of drug-likeness (QED) is 0.199. The van der Waals surface area contributed by atoms with Gasteiger partial charge in [0.2, 0.25) is 0 Å². The van der Waals surface area contributed by atoms with E-state index in [-0.39, 0.29) is 17.2 Å². The number of anilines is 1. The second kappa shape index (κ2) is 12.5. The van der Waals surface area contributed by atoms with Crippen molar-refractivity contribution < 1.29 is 14.3 Å². The van der Waals surface area contributed by atoms with Crippen molar-refractivity contribution >= 4 is 72.7 Å². The van der Waals surface area contributed by atoms with E-state index in [4.69, 9.17) is 32.7 Å². The lowest BCUT2D eigenvalue weighted by molar-refractivity contribution is -0.112. The summed E-state index contributed by atoms with van der Waals surface area (Å²) in [5.74, 6) is 0.173. The van der Waals surface area contributed by atoms with Crippen LogP contribution in [0, 0.1) is 18.3 Å². The topological polar surface area (TPSA) is 71.3 Å². The third kappa shape index (κ3) is 7.02. The Bertz CT molecular complexity index is 1310. The lowest BCUT2D eigenvalue weighted by Crippen LogP contribution is -2.14. The lowest BCUT2D eigenvalue weighted by Gasteiger charge is -2.15. The minimum Gasteiger partial charge on any atom is -0.490 e. The Hall–Kier alpha value is -2.50. The molecule has 0 saturated heterocycles. The van der Waals surface area contributed by atoms with Crippen molar-refractivity contribution in [3.05, 3.63) is 89.8 Å². The number of nitrogens with zero attached hydrogens (tertiary/aromatic N) is 1. The van der Waals surface area contributed by atoms with Gasteiger partial charge in [-0.15, -0.1) is 0 Å². The summed E-state index contributed by atoms with van der Waals surface area (Å²) in [7, 11) is 0. The normalized spacial score (nSPS) is 11.1. The molecule has 0 unspecified atom stereocenters. The first-order chi connectivity index (χ1) is 16.7. The number of halogens is 4. The number of nitriles is 1. The van der Waals surface area contributed by atoms with Crippen molar-refractivity contribution in [2.24, 2.45) is 0 Å². The highest BCUT2D eigenvalue weighted by atomic mass is 79.9. The van der Waals surface area contributed by atoms with Gasteiger partial charge in [-0.25, -0.2) is 0 Å². The fourth-order valence-electron chi connectivity index (χ4n) is 3.16. The molecule has 0 atom stereocenters. The fraction of sp³-hybridized carbons (Fsp3) is 0.154. The number of rotatable bonds is 8. The van der Waals surface area contributed by atoms with Gasteiger partial charge in [0.25, 0.3) is 5.91 Å². The minimum atomic E-state index is -0.564. The number of amides is 1. The highest BCUT2D eigenvalue weighted by Crippen LogP contribution is 2.38. The molecule has 0 radical (unpaired) electrons. The number of aryl methyl sites for hydroxylation is 1. The molecule has 9 heteroatoms. The third-order valence-electron chi connectivity index (χ3n) is 4.76. The second-order valence-electron chi connectivity index (χ2n) is 7.37. The average Bonchev–Trinajstić information content (AvgIpc) is 2.80. The molecule has 180 valence electrons. The van der Waals surface area contributed by atoms with Crippen LogP contribution in [0.4, 0.5) is 5.69 Å². The molecule has 0 aliphatic rings. The predicted octanol–water partition coefficient (Wildman–Crippen LogP) is 8.35. The molecule has 1 N–H and O–H groups in total. The maximum atomic E-state index is 12.8. The van der Waals surface area contributed by atoms with Gasteiger partial charge >= 0.3 is 0 Å². The summed E-state index contributed by atoms with van der Waals surface area (Å²) in [5, 5.41) is 13.3. The highest BCUT2D eigenvalue weighted by molar-refractivity contribution is 9.11. The molecule has 0 spiro atoms. The Morgan fingerprint density at radius 1 is 1.09 bits per heavy atom. The summed E-state index contributed by atoms with van der Waals surface area (Å²) in [6.07, 6.45) is 1.44. The van der Waals surface area contributed by atoms with E-state index in [9.17, 15) is 10.1 Å². The van der Waals surface area contributed by atoms with Gasteiger partial charge in [0, 0.05) is 19.5 Å². The Balaban J connectivity index is 1.89. The zero-order valence-electron chi connectivity index (χ0n) is 18.8. The summed E-state index contributed by atoms with van der Waals surface area (Å²) in [6.45, 7) is 4.33. The number of carbonyl (C=O) groups is 1. The van der Waals surface area contributed by atoms with Gasteiger partial charge in [-0.05, 0) is 93.2 Å². The van der Waals surface area contributed by atoms with E-state index in [1.165, 1.54) is 6.08 Å². The number of ether oxygens (including phenoxy) is 2. The molecular formula is C26H20Br2Cl2N2O3. The van der Waals surface area contributed by atoms with Gasteiger partial charge in [-0.3, -0.25) is 4.79 Å². The zero-order chi connectivity index (χ0) is 25.5. The molecule has 3 rings (SSSR count). The van der Waals surface area contributed by atoms with Crippen LogP contribution in [-0.2, 0) is 11.4 Å². The van der Waals surface area contributed by atoms with Crippen LogP contribution in [0.25, 0.3) is 6.08 Å². The number of hydrogen-bond acceptors (Lipinski definition) is 4. The van der Waals surface area contributed by atoms with E-state index < -0.39 is 5.91 Å². The van der Waals surface area contributed by atoms with E-state index >= 15 is 0 Å². The number of hydrogen-bond donors (Lipinski definition) is 1. The molecule has 3 aromatic carbocycles. The Labute approximate surface area is 230 Å². The molecule has 5 nitrogen and oxygen atoms in total. The van der Waals surface area contributed by atoms with Gasteiger partial charge in [0.05, 0.1) is 17.3 Å². The van der Waals surface area contributed by atoms with Crippen LogP contribution in [-0.4, -0.2) is 12.5 Å². The van der Waals surface area contributed by atoms with Crippen LogP contribution in [0.5, 0.6) is 11.5 Å². The van der Waals surface area contributed by atoms with Gasteiger partial charge < -0.3 is 14.8 Å². The van der Waals surface area contributed by atoms with Gasteiger partial charge in [0.1, 0.15) is 18.2 Å². The van der Waals surface area contributed by atoms with E-state index in [0.29, 0.717) is 43.3 Å². The van der Waals surface area contributed by atoms with E-state index in [0.717, 1.165) is 11.1 Å². The van der Waals surface area contributed by atoms with Crippen molar-refractivity contribution in [1.82, 2.24) is 0 Å². The monoisotopic (exact) mass is 636 g/mol. The Morgan fingerprint density at radius 3 is 2.40 bits per heavy atom. The fourth-order valence-corrected chi connectivity index (χ4v) is 5.23. The zero-order valence-corrected chi connectivity index (χ0v) is 23.5. The summed E-state index contributed by atoms with van der Waals surface area (Å²) in [6, 6.07) is 16.3. The van der Waals surface area contributed by atoms with Crippen molar-refractivity contribution in [3.8, 4) is 17.6 Å². The molecule has 35 heavy (non-hydrogen) atoms. The first-order valence-electron chi connectivity index (χ1n) is 10.4. The summed E-state index contributed by atoms with van der Waals surface area (Å²) in [4.78, 5) is 12.8. The molecule has 0 bridgehead atoms. The first kappa shape index (κ1) is 27.1. The summed E-state index contributed by atoms with van der Waals surface area (Å²) < 4.78 is 13.0. The van der Waals surface area contributed by atoms with Gasteiger partial charge in [-0.2, -0.15) is 5.26 Å². The highest BCUT2D eigenvalue weighted by Gasteiger charge is 2.17. The first-order valence-corrected chi connectivity index (χ1v) is 12.8. The van der Waals surface area contributed by atoms with Crippen LogP contribution in [0.3, 0.4) is 0 Å². The smallest absolute Gasteiger partial charge is 0.266 e. The Kier molecular flexibility index (Phi) is 9.64. The van der Waals surface area contributed by atoms with Crippen molar-refractivity contribution in [2.45, 2.75) is 20.5 Å². The maximum absolute atomic E-state index is 12.8. The predicted molar refractivity (Wildman–Crippen MR) is 147 cm³/mol. The van der Waals surface area contributed by atoms with Crippen LogP contribution in [0.15, 0.2) is 63.0 Å². The van der Waals surface area contributed by atoms with Crippen LogP contribution in [0.2, 0.25) is 10.0 Å². The molecule has 0 aromatic heterocycles. The van der Waals surface area contributed by atoms with E-state index in [2.05, 4.69) is 37.2 Å². The molecule has 0 fully saturated rings. The minimum absolute atomic E-state index is 0.104.